The quantitative estimate of drug-likeness (QED) is 0.681. The summed E-state index contributed by atoms with van der Waals surface area (Å²) in [4.78, 5) is 31.0. The average Bonchev–Trinajstić information content (AvgIpc) is 3.20. The summed E-state index contributed by atoms with van der Waals surface area (Å²) in [5, 5.41) is 4.28. The first kappa shape index (κ1) is 21.4. The highest BCUT2D eigenvalue weighted by Crippen LogP contribution is 2.46. The largest absolute Gasteiger partial charge is 0.497 e. The number of piperidine rings is 1. The number of hydrogen-bond acceptors (Lipinski definition) is 4. The Hall–Kier alpha value is -2.80. The number of aromatic nitrogens is 1. The minimum atomic E-state index is -0.608. The van der Waals surface area contributed by atoms with Crippen LogP contribution >= 0.6 is 0 Å². The van der Waals surface area contributed by atoms with Crippen LogP contribution in [0.25, 0.3) is 10.9 Å². The second-order valence-corrected chi connectivity index (χ2v) is 8.33. The number of amides is 2. The number of aromatic amines is 1. The number of rotatable bonds is 8. The van der Waals surface area contributed by atoms with Gasteiger partial charge in [0.15, 0.2) is 0 Å². The van der Waals surface area contributed by atoms with Crippen molar-refractivity contribution in [3.63, 3.8) is 0 Å². The molecule has 1 aliphatic heterocycles. The molecule has 0 bridgehead atoms. The average molecular weight is 426 g/mol. The van der Waals surface area contributed by atoms with Gasteiger partial charge in [-0.15, -0.1) is 0 Å². The summed E-state index contributed by atoms with van der Waals surface area (Å²) >= 11 is 0. The summed E-state index contributed by atoms with van der Waals surface area (Å²) in [6.07, 6.45) is 8.43. The third-order valence-corrected chi connectivity index (χ3v) is 6.60. The first-order valence-electron chi connectivity index (χ1n) is 11.0. The molecular formula is C24H31N3O4. The molecule has 0 saturated carbocycles. The monoisotopic (exact) mass is 425 g/mol. The summed E-state index contributed by atoms with van der Waals surface area (Å²) in [6.45, 7) is 1.50. The molecule has 166 valence electrons. The van der Waals surface area contributed by atoms with Gasteiger partial charge in [0.1, 0.15) is 5.75 Å². The van der Waals surface area contributed by atoms with E-state index in [1.807, 2.05) is 24.4 Å². The van der Waals surface area contributed by atoms with Gasteiger partial charge in [-0.25, -0.2) is 0 Å². The van der Waals surface area contributed by atoms with Crippen LogP contribution in [0.15, 0.2) is 36.2 Å². The Morgan fingerprint density at radius 1 is 1.29 bits per heavy atom. The Morgan fingerprint density at radius 3 is 2.97 bits per heavy atom. The maximum absolute atomic E-state index is 13.4. The van der Waals surface area contributed by atoms with Gasteiger partial charge >= 0.3 is 0 Å². The van der Waals surface area contributed by atoms with Gasteiger partial charge < -0.3 is 24.7 Å². The van der Waals surface area contributed by atoms with Crippen LogP contribution in [0.3, 0.4) is 0 Å². The number of allylic oxidation sites excluding steroid dienone is 1. The van der Waals surface area contributed by atoms with Crippen LogP contribution < -0.4 is 10.1 Å². The van der Waals surface area contributed by atoms with Crippen LogP contribution in [0.1, 0.15) is 37.7 Å². The van der Waals surface area contributed by atoms with Gasteiger partial charge in [0.05, 0.1) is 19.1 Å². The van der Waals surface area contributed by atoms with Crippen LogP contribution in [-0.2, 0) is 20.7 Å². The molecular weight excluding hydrogens is 394 g/mol. The van der Waals surface area contributed by atoms with E-state index in [4.69, 9.17) is 9.47 Å². The molecule has 31 heavy (non-hydrogen) atoms. The normalized spacial score (nSPS) is 21.0. The number of methoxy groups -OCH3 is 2. The van der Waals surface area contributed by atoms with Crippen LogP contribution in [0.2, 0.25) is 0 Å². The Balaban J connectivity index is 1.47. The molecule has 1 aliphatic carbocycles. The van der Waals surface area contributed by atoms with Gasteiger partial charge in [0.25, 0.3) is 0 Å². The van der Waals surface area contributed by atoms with Crippen molar-refractivity contribution >= 4 is 22.7 Å². The van der Waals surface area contributed by atoms with Crippen molar-refractivity contribution < 1.29 is 19.1 Å². The topological polar surface area (TPSA) is 83.7 Å². The molecule has 0 spiro atoms. The molecule has 1 aromatic heterocycles. The molecule has 1 aromatic carbocycles. The van der Waals surface area contributed by atoms with Crippen molar-refractivity contribution in [1.29, 1.82) is 0 Å². The third kappa shape index (κ3) is 4.06. The van der Waals surface area contributed by atoms with Crippen molar-refractivity contribution in [2.75, 3.05) is 33.9 Å². The number of likely N-dealkylation sites (tertiary alicyclic amines) is 1. The molecule has 0 radical (unpaired) electrons. The second kappa shape index (κ2) is 9.14. The maximum Gasteiger partial charge on any atom is 0.232 e. The lowest BCUT2D eigenvalue weighted by molar-refractivity contribution is -0.141. The Bertz CT molecular complexity index is 996. The number of carbonyl (C=O) groups excluding carboxylic acids is 2. The van der Waals surface area contributed by atoms with E-state index in [9.17, 15) is 9.59 Å². The molecule has 1 atom stereocenters. The number of hydrogen-bond donors (Lipinski definition) is 2. The molecule has 7 heteroatoms. The van der Waals surface area contributed by atoms with Gasteiger partial charge in [-0.3, -0.25) is 9.59 Å². The summed E-state index contributed by atoms with van der Waals surface area (Å²) in [7, 11) is 3.29. The number of carbonyl (C=O) groups is 2. The summed E-state index contributed by atoms with van der Waals surface area (Å²) in [5.41, 5.74) is 2.47. The van der Waals surface area contributed by atoms with Gasteiger partial charge in [-0.05, 0) is 55.9 Å². The van der Waals surface area contributed by atoms with Crippen LogP contribution in [0.4, 0.5) is 0 Å². The summed E-state index contributed by atoms with van der Waals surface area (Å²) < 4.78 is 10.5. The van der Waals surface area contributed by atoms with E-state index in [0.717, 1.165) is 53.6 Å². The molecule has 2 N–H and O–H groups in total. The molecule has 2 aliphatic rings. The molecule has 1 fully saturated rings. The maximum atomic E-state index is 13.4. The fourth-order valence-corrected chi connectivity index (χ4v) is 4.92. The van der Waals surface area contributed by atoms with Crippen molar-refractivity contribution in [2.45, 2.75) is 38.5 Å². The van der Waals surface area contributed by atoms with Crippen LogP contribution in [-0.4, -0.2) is 55.6 Å². The van der Waals surface area contributed by atoms with Crippen molar-refractivity contribution in [3.05, 3.63) is 41.7 Å². The number of nitrogens with zero attached hydrogens (tertiary/aromatic N) is 1. The van der Waals surface area contributed by atoms with E-state index in [2.05, 4.69) is 16.4 Å². The SMILES string of the molecule is COCCN1C(=O)CCC2(C(=O)NCCc3c[nH]c4ccc(OC)cc34)CCCC=C12. The molecule has 2 aromatic rings. The number of nitrogens with one attached hydrogen (secondary N) is 2. The van der Waals surface area contributed by atoms with E-state index in [1.165, 1.54) is 0 Å². The van der Waals surface area contributed by atoms with Crippen LogP contribution in [0, 0.1) is 5.41 Å². The number of H-pyrrole nitrogens is 1. The lowest BCUT2D eigenvalue weighted by atomic mass is 9.69. The highest BCUT2D eigenvalue weighted by molar-refractivity contribution is 5.91. The minimum Gasteiger partial charge on any atom is -0.497 e. The molecule has 7 nitrogen and oxygen atoms in total. The van der Waals surface area contributed by atoms with E-state index in [0.29, 0.717) is 32.5 Å². The Labute approximate surface area is 182 Å². The zero-order chi connectivity index (χ0) is 21.8. The van der Waals surface area contributed by atoms with Gasteiger partial charge in [0.2, 0.25) is 11.8 Å². The predicted molar refractivity (Wildman–Crippen MR) is 119 cm³/mol. The fraction of sp³-hybridized carbons (Fsp3) is 0.500. The zero-order valence-electron chi connectivity index (χ0n) is 18.3. The van der Waals surface area contributed by atoms with Crippen LogP contribution in [0.5, 0.6) is 5.75 Å². The van der Waals surface area contributed by atoms with Crippen molar-refractivity contribution in [3.8, 4) is 5.75 Å². The van der Waals surface area contributed by atoms with Gasteiger partial charge in [0, 0.05) is 49.4 Å². The Morgan fingerprint density at radius 2 is 2.16 bits per heavy atom. The molecule has 2 heterocycles. The van der Waals surface area contributed by atoms with E-state index >= 15 is 0 Å². The molecule has 2 amide bonds. The highest BCUT2D eigenvalue weighted by Gasteiger charge is 2.49. The third-order valence-electron chi connectivity index (χ3n) is 6.60. The number of ether oxygens (including phenoxy) is 2. The van der Waals surface area contributed by atoms with Gasteiger partial charge in [-0.2, -0.15) is 0 Å². The van der Waals surface area contributed by atoms with E-state index in [-0.39, 0.29) is 11.8 Å². The minimum absolute atomic E-state index is 0.0331. The predicted octanol–water partition coefficient (Wildman–Crippen LogP) is 3.16. The van der Waals surface area contributed by atoms with E-state index in [1.54, 1.807) is 19.1 Å². The summed E-state index contributed by atoms with van der Waals surface area (Å²) in [6, 6.07) is 5.95. The van der Waals surface area contributed by atoms with Crippen molar-refractivity contribution in [2.24, 2.45) is 5.41 Å². The zero-order valence-corrected chi connectivity index (χ0v) is 18.3. The second-order valence-electron chi connectivity index (χ2n) is 8.33. The van der Waals surface area contributed by atoms with Gasteiger partial charge in [-0.1, -0.05) is 6.08 Å². The van der Waals surface area contributed by atoms with Crippen molar-refractivity contribution in [1.82, 2.24) is 15.2 Å². The lowest BCUT2D eigenvalue weighted by Crippen LogP contribution is -2.53. The highest BCUT2D eigenvalue weighted by atomic mass is 16.5. The lowest BCUT2D eigenvalue weighted by Gasteiger charge is -2.46. The first-order valence-corrected chi connectivity index (χ1v) is 11.0. The number of benzene rings is 1. The summed E-state index contributed by atoms with van der Waals surface area (Å²) in [5.74, 6) is 0.934. The molecule has 1 saturated heterocycles. The van der Waals surface area contributed by atoms with E-state index < -0.39 is 5.41 Å². The number of fused-ring (bicyclic) bond motifs is 2. The molecule has 4 rings (SSSR count). The molecule has 1 unspecified atom stereocenters. The smallest absolute Gasteiger partial charge is 0.232 e. The Kier molecular flexibility index (Phi) is 6.32. The fourth-order valence-electron chi connectivity index (χ4n) is 4.92. The standard InChI is InChI=1S/C24H31N3O4/c1-30-14-13-27-21-5-3-4-10-24(21,11-8-22(27)28)23(29)25-12-9-17-16-26-20-7-6-18(31-2)15-19(17)20/h5-7,15-16,26H,3-4,8-14H2,1-2H3,(H,25,29). The first-order chi connectivity index (χ1) is 15.1.